The summed E-state index contributed by atoms with van der Waals surface area (Å²) in [5.41, 5.74) is -0.0358. The van der Waals surface area contributed by atoms with Gasteiger partial charge in [-0.05, 0) is 39.3 Å². The fraction of sp³-hybridized carbons (Fsp3) is 0.500. The Labute approximate surface area is 141 Å². The number of carbonyl (C=O) groups excluding carboxylic acids is 1. The highest BCUT2D eigenvalue weighted by atomic mass is 16.6. The number of hydrogen-bond donors (Lipinski definition) is 1. The quantitative estimate of drug-likeness (QED) is 0.933. The average molecular weight is 331 g/mol. The normalized spacial score (nSPS) is 12.9. The standard InChI is InChI=1S/C18H25N3O3/c1-6-12(11-21(5)17(23)24-18(2,3)4)15-19-14-10-8-7-9-13(14)16(22)20-15/h7-10,12H,6,11H2,1-5H3,(H,19,20,22). The number of fused-ring (bicyclic) bond motifs is 1. The van der Waals surface area contributed by atoms with E-state index in [-0.39, 0.29) is 17.6 Å². The van der Waals surface area contributed by atoms with Crippen molar-refractivity contribution in [2.45, 2.75) is 45.6 Å². The summed E-state index contributed by atoms with van der Waals surface area (Å²) in [4.78, 5) is 33.3. The number of H-pyrrole nitrogens is 1. The van der Waals surface area contributed by atoms with Gasteiger partial charge in [0.1, 0.15) is 11.4 Å². The molecule has 6 heteroatoms. The van der Waals surface area contributed by atoms with E-state index in [2.05, 4.69) is 9.97 Å². The highest BCUT2D eigenvalue weighted by Crippen LogP contribution is 2.19. The fourth-order valence-electron chi connectivity index (χ4n) is 2.45. The molecule has 1 aromatic carbocycles. The Morgan fingerprint density at radius 3 is 2.62 bits per heavy atom. The van der Waals surface area contributed by atoms with Gasteiger partial charge in [-0.2, -0.15) is 0 Å². The zero-order valence-electron chi connectivity index (χ0n) is 14.9. The minimum Gasteiger partial charge on any atom is -0.444 e. The molecule has 1 aromatic heterocycles. The van der Waals surface area contributed by atoms with Crippen molar-refractivity contribution >= 4 is 17.0 Å². The predicted molar refractivity (Wildman–Crippen MR) is 94.3 cm³/mol. The van der Waals surface area contributed by atoms with Crippen molar-refractivity contribution in [1.29, 1.82) is 0 Å². The molecule has 1 heterocycles. The number of rotatable bonds is 4. The van der Waals surface area contributed by atoms with E-state index in [4.69, 9.17) is 4.74 Å². The molecule has 0 radical (unpaired) electrons. The van der Waals surface area contributed by atoms with E-state index >= 15 is 0 Å². The fourth-order valence-corrected chi connectivity index (χ4v) is 2.45. The molecular formula is C18H25N3O3. The summed E-state index contributed by atoms with van der Waals surface area (Å²) in [6.45, 7) is 7.92. The molecule has 1 unspecified atom stereocenters. The number of nitrogens with one attached hydrogen (secondary N) is 1. The average Bonchev–Trinajstić information content (AvgIpc) is 2.50. The number of aromatic amines is 1. The van der Waals surface area contributed by atoms with Gasteiger partial charge in [0.05, 0.1) is 10.9 Å². The Hall–Kier alpha value is -2.37. The van der Waals surface area contributed by atoms with Crippen LogP contribution in [0.4, 0.5) is 4.79 Å². The van der Waals surface area contributed by atoms with Gasteiger partial charge in [0.25, 0.3) is 5.56 Å². The molecule has 2 aromatic rings. The van der Waals surface area contributed by atoms with E-state index < -0.39 is 5.60 Å². The second-order valence-electron chi connectivity index (χ2n) is 6.93. The van der Waals surface area contributed by atoms with Crippen molar-refractivity contribution in [1.82, 2.24) is 14.9 Å². The topological polar surface area (TPSA) is 75.3 Å². The van der Waals surface area contributed by atoms with Crippen LogP contribution >= 0.6 is 0 Å². The Morgan fingerprint density at radius 1 is 1.33 bits per heavy atom. The maximum Gasteiger partial charge on any atom is 0.410 e. The summed E-state index contributed by atoms with van der Waals surface area (Å²) in [7, 11) is 1.69. The third kappa shape index (κ3) is 4.34. The lowest BCUT2D eigenvalue weighted by atomic mass is 10.0. The van der Waals surface area contributed by atoms with Gasteiger partial charge in [0.15, 0.2) is 0 Å². The maximum absolute atomic E-state index is 12.2. The second-order valence-corrected chi connectivity index (χ2v) is 6.93. The lowest BCUT2D eigenvalue weighted by Gasteiger charge is -2.27. The van der Waals surface area contributed by atoms with E-state index in [0.29, 0.717) is 23.3 Å². The molecule has 0 aliphatic rings. The van der Waals surface area contributed by atoms with Crippen molar-refractivity contribution in [2.75, 3.05) is 13.6 Å². The Bertz CT molecular complexity index is 777. The third-order valence-corrected chi connectivity index (χ3v) is 3.71. The van der Waals surface area contributed by atoms with Gasteiger partial charge >= 0.3 is 6.09 Å². The summed E-state index contributed by atoms with van der Waals surface area (Å²) in [5, 5.41) is 0.566. The first-order valence-corrected chi connectivity index (χ1v) is 8.14. The van der Waals surface area contributed by atoms with Crippen LogP contribution < -0.4 is 5.56 Å². The maximum atomic E-state index is 12.2. The highest BCUT2D eigenvalue weighted by molar-refractivity contribution is 5.77. The summed E-state index contributed by atoms with van der Waals surface area (Å²) < 4.78 is 5.37. The molecule has 0 aliphatic carbocycles. The van der Waals surface area contributed by atoms with Crippen LogP contribution in [0.5, 0.6) is 0 Å². The van der Waals surface area contributed by atoms with Gasteiger partial charge in [-0.1, -0.05) is 19.1 Å². The van der Waals surface area contributed by atoms with Crippen LogP contribution in [0.15, 0.2) is 29.1 Å². The summed E-state index contributed by atoms with van der Waals surface area (Å²) >= 11 is 0. The zero-order valence-corrected chi connectivity index (χ0v) is 14.9. The lowest BCUT2D eigenvalue weighted by Crippen LogP contribution is -2.37. The van der Waals surface area contributed by atoms with Gasteiger partial charge in [-0.15, -0.1) is 0 Å². The molecule has 0 spiro atoms. The number of aromatic nitrogens is 2. The van der Waals surface area contributed by atoms with Crippen LogP contribution in [0.25, 0.3) is 10.9 Å². The zero-order chi connectivity index (χ0) is 17.9. The van der Waals surface area contributed by atoms with Crippen molar-refractivity contribution in [3.8, 4) is 0 Å². The minimum absolute atomic E-state index is 0.0696. The molecule has 1 amide bonds. The van der Waals surface area contributed by atoms with Crippen molar-refractivity contribution in [2.24, 2.45) is 0 Å². The van der Waals surface area contributed by atoms with Crippen LogP contribution in [0.2, 0.25) is 0 Å². The Balaban J connectivity index is 2.22. The van der Waals surface area contributed by atoms with Gasteiger partial charge in [0.2, 0.25) is 0 Å². The molecule has 0 fully saturated rings. The van der Waals surface area contributed by atoms with E-state index in [1.807, 2.05) is 45.9 Å². The number of para-hydroxylation sites is 1. The summed E-state index contributed by atoms with van der Waals surface area (Å²) in [5.74, 6) is 0.524. The molecule has 0 saturated heterocycles. The first-order chi connectivity index (χ1) is 11.2. The number of carbonyl (C=O) groups is 1. The Kier molecular flexibility index (Phi) is 5.26. The molecule has 0 saturated carbocycles. The molecule has 1 atom stereocenters. The van der Waals surface area contributed by atoms with Crippen LogP contribution in [0.1, 0.15) is 45.9 Å². The predicted octanol–water partition coefficient (Wildman–Crippen LogP) is 3.28. The molecule has 2 rings (SSSR count). The van der Waals surface area contributed by atoms with Gasteiger partial charge in [0, 0.05) is 19.5 Å². The molecule has 130 valence electrons. The number of benzene rings is 1. The minimum atomic E-state index is -0.539. The largest absolute Gasteiger partial charge is 0.444 e. The second kappa shape index (κ2) is 7.03. The van der Waals surface area contributed by atoms with E-state index in [0.717, 1.165) is 6.42 Å². The smallest absolute Gasteiger partial charge is 0.410 e. The first kappa shape index (κ1) is 18.0. The third-order valence-electron chi connectivity index (χ3n) is 3.71. The van der Waals surface area contributed by atoms with Crippen LogP contribution in [0, 0.1) is 0 Å². The molecule has 6 nitrogen and oxygen atoms in total. The van der Waals surface area contributed by atoms with E-state index in [1.165, 1.54) is 4.90 Å². The summed E-state index contributed by atoms with van der Waals surface area (Å²) in [6, 6.07) is 7.23. The molecule has 24 heavy (non-hydrogen) atoms. The summed E-state index contributed by atoms with van der Waals surface area (Å²) in [6.07, 6.45) is 0.359. The van der Waals surface area contributed by atoms with Gasteiger partial charge in [-0.25, -0.2) is 9.78 Å². The number of hydrogen-bond acceptors (Lipinski definition) is 4. The van der Waals surface area contributed by atoms with Crippen molar-refractivity contribution in [3.63, 3.8) is 0 Å². The first-order valence-electron chi connectivity index (χ1n) is 8.14. The molecule has 0 aliphatic heterocycles. The number of likely N-dealkylation sites (N-methyl/N-ethyl adjacent to an activating group) is 1. The molecule has 1 N–H and O–H groups in total. The SMILES string of the molecule is CCC(CN(C)C(=O)OC(C)(C)C)c1nc2ccccc2c(=O)[nH]1. The number of nitrogens with zero attached hydrogens (tertiary/aromatic N) is 2. The molecular weight excluding hydrogens is 306 g/mol. The van der Waals surface area contributed by atoms with E-state index in [9.17, 15) is 9.59 Å². The van der Waals surface area contributed by atoms with E-state index in [1.54, 1.807) is 13.1 Å². The monoisotopic (exact) mass is 331 g/mol. The van der Waals surface area contributed by atoms with Crippen molar-refractivity contribution < 1.29 is 9.53 Å². The molecule has 0 bridgehead atoms. The van der Waals surface area contributed by atoms with Crippen LogP contribution in [-0.4, -0.2) is 40.2 Å². The van der Waals surface area contributed by atoms with Crippen LogP contribution in [-0.2, 0) is 4.74 Å². The lowest BCUT2D eigenvalue weighted by molar-refractivity contribution is 0.0287. The number of ether oxygens (including phenoxy) is 1. The highest BCUT2D eigenvalue weighted by Gasteiger charge is 2.23. The Morgan fingerprint density at radius 2 is 2.00 bits per heavy atom. The van der Waals surface area contributed by atoms with Gasteiger partial charge in [-0.3, -0.25) is 4.79 Å². The van der Waals surface area contributed by atoms with Crippen LogP contribution in [0.3, 0.4) is 0 Å². The number of amides is 1. The van der Waals surface area contributed by atoms with Crippen molar-refractivity contribution in [3.05, 3.63) is 40.4 Å². The van der Waals surface area contributed by atoms with Gasteiger partial charge < -0.3 is 14.6 Å².